The molecule has 0 fully saturated rings. The quantitative estimate of drug-likeness (QED) is 0.449. The van der Waals surface area contributed by atoms with Crippen LogP contribution in [0.2, 0.25) is 5.02 Å². The first-order chi connectivity index (χ1) is 15.8. The van der Waals surface area contributed by atoms with Gasteiger partial charge in [0.05, 0.1) is 23.0 Å². The molecule has 0 spiro atoms. The highest BCUT2D eigenvalue weighted by molar-refractivity contribution is 6.33. The average Bonchev–Trinajstić information content (AvgIpc) is 2.90. The number of halogens is 1. The van der Waals surface area contributed by atoms with Gasteiger partial charge in [0.2, 0.25) is 11.9 Å². The number of carbonyl (C=O) groups is 2. The largest absolute Gasteiger partial charge is 0.355 e. The van der Waals surface area contributed by atoms with E-state index in [4.69, 9.17) is 11.6 Å². The maximum absolute atomic E-state index is 12.2. The summed E-state index contributed by atoms with van der Waals surface area (Å²) < 4.78 is 0. The summed E-state index contributed by atoms with van der Waals surface area (Å²) in [7, 11) is 1.58. The van der Waals surface area contributed by atoms with E-state index in [0.29, 0.717) is 40.9 Å². The Hall–Kier alpha value is -3.65. The summed E-state index contributed by atoms with van der Waals surface area (Å²) in [6, 6.07) is 13.1. The van der Waals surface area contributed by atoms with Crippen molar-refractivity contribution in [2.24, 2.45) is 0 Å². The van der Waals surface area contributed by atoms with Crippen molar-refractivity contribution in [3.63, 3.8) is 0 Å². The molecule has 33 heavy (non-hydrogen) atoms. The van der Waals surface area contributed by atoms with Gasteiger partial charge in [0, 0.05) is 19.2 Å². The fourth-order valence-corrected chi connectivity index (χ4v) is 4.02. The number of aryl methyl sites for hydroxylation is 1. The SMILES string of the molecule is CNC(=O)c1ccccc1Nc1nc(Nc2ccc3c(c2)C(C)(C)NC(=O)CC3)ncc1Cl. The Morgan fingerprint density at radius 2 is 1.91 bits per heavy atom. The Labute approximate surface area is 197 Å². The zero-order valence-electron chi connectivity index (χ0n) is 18.6. The second kappa shape index (κ2) is 9.07. The lowest BCUT2D eigenvalue weighted by molar-refractivity contribution is -0.122. The van der Waals surface area contributed by atoms with Gasteiger partial charge in [0.25, 0.3) is 5.91 Å². The van der Waals surface area contributed by atoms with E-state index in [1.54, 1.807) is 25.2 Å². The van der Waals surface area contributed by atoms with Crippen molar-refractivity contribution in [2.45, 2.75) is 32.2 Å². The second-order valence-corrected chi connectivity index (χ2v) is 8.72. The molecule has 1 aliphatic heterocycles. The lowest BCUT2D eigenvalue weighted by Gasteiger charge is -2.27. The summed E-state index contributed by atoms with van der Waals surface area (Å²) in [5.41, 5.74) is 3.53. The monoisotopic (exact) mass is 464 g/mol. The molecule has 0 atom stereocenters. The number of fused-ring (bicyclic) bond motifs is 1. The number of nitrogens with zero attached hydrogens (tertiary/aromatic N) is 2. The third kappa shape index (κ3) is 4.90. The molecule has 0 unspecified atom stereocenters. The minimum absolute atomic E-state index is 0.0412. The Morgan fingerprint density at radius 3 is 2.70 bits per heavy atom. The topological polar surface area (TPSA) is 108 Å². The first-order valence-corrected chi connectivity index (χ1v) is 11.0. The summed E-state index contributed by atoms with van der Waals surface area (Å²) in [6.45, 7) is 3.98. The molecule has 1 aromatic heterocycles. The van der Waals surface area contributed by atoms with Crippen LogP contribution in [-0.2, 0) is 16.8 Å². The minimum Gasteiger partial charge on any atom is -0.355 e. The number of rotatable bonds is 5. The zero-order chi connectivity index (χ0) is 23.6. The predicted molar refractivity (Wildman–Crippen MR) is 129 cm³/mol. The van der Waals surface area contributed by atoms with Gasteiger partial charge in [-0.1, -0.05) is 29.8 Å². The number of benzene rings is 2. The number of hydrogen-bond acceptors (Lipinski definition) is 6. The third-order valence-electron chi connectivity index (χ3n) is 5.51. The van der Waals surface area contributed by atoms with E-state index in [0.717, 1.165) is 16.8 Å². The molecule has 170 valence electrons. The van der Waals surface area contributed by atoms with E-state index >= 15 is 0 Å². The van der Waals surface area contributed by atoms with Crippen molar-refractivity contribution < 1.29 is 9.59 Å². The van der Waals surface area contributed by atoms with Crippen LogP contribution in [0.1, 0.15) is 41.8 Å². The second-order valence-electron chi connectivity index (χ2n) is 8.31. The van der Waals surface area contributed by atoms with Crippen LogP contribution >= 0.6 is 11.6 Å². The zero-order valence-corrected chi connectivity index (χ0v) is 19.4. The molecule has 8 nitrogen and oxygen atoms in total. The van der Waals surface area contributed by atoms with E-state index in [2.05, 4.69) is 31.2 Å². The molecule has 2 aromatic carbocycles. The first-order valence-electron chi connectivity index (χ1n) is 10.6. The molecule has 2 heterocycles. The Morgan fingerprint density at radius 1 is 1.12 bits per heavy atom. The van der Waals surface area contributed by atoms with Crippen LogP contribution in [0.5, 0.6) is 0 Å². The number of nitrogens with one attached hydrogen (secondary N) is 4. The van der Waals surface area contributed by atoms with Crippen LogP contribution in [0, 0.1) is 0 Å². The van der Waals surface area contributed by atoms with Gasteiger partial charge in [-0.3, -0.25) is 9.59 Å². The fraction of sp³-hybridized carbons (Fsp3) is 0.250. The normalized spacial score (nSPS) is 14.5. The van der Waals surface area contributed by atoms with Gasteiger partial charge in [0.1, 0.15) is 5.02 Å². The number of carbonyl (C=O) groups excluding carboxylic acids is 2. The number of anilines is 4. The standard InChI is InChI=1S/C24H25ClN6O2/c1-24(2)17-12-15(10-8-14(17)9-11-20(32)31-24)28-23-27-13-18(25)21(30-23)29-19-7-5-4-6-16(19)22(33)26-3/h4-8,10,12-13H,9,11H2,1-3H3,(H,26,33)(H,31,32)(H2,27,28,29,30). The van der Waals surface area contributed by atoms with Crippen molar-refractivity contribution in [1.29, 1.82) is 0 Å². The summed E-state index contributed by atoms with van der Waals surface area (Å²) >= 11 is 6.32. The van der Waals surface area contributed by atoms with Crippen molar-refractivity contribution in [3.05, 3.63) is 70.4 Å². The minimum atomic E-state index is -0.488. The molecule has 2 amide bonds. The van der Waals surface area contributed by atoms with Gasteiger partial charge < -0.3 is 21.3 Å². The summed E-state index contributed by atoms with van der Waals surface area (Å²) in [5, 5.41) is 12.3. The molecule has 4 rings (SSSR count). The van der Waals surface area contributed by atoms with Crippen molar-refractivity contribution >= 4 is 46.6 Å². The molecular formula is C24H25ClN6O2. The van der Waals surface area contributed by atoms with E-state index in [9.17, 15) is 9.59 Å². The van der Waals surface area contributed by atoms with Gasteiger partial charge in [-0.2, -0.15) is 4.98 Å². The van der Waals surface area contributed by atoms with Crippen LogP contribution in [0.4, 0.5) is 23.1 Å². The van der Waals surface area contributed by atoms with Gasteiger partial charge in [-0.15, -0.1) is 0 Å². The maximum Gasteiger partial charge on any atom is 0.253 e. The van der Waals surface area contributed by atoms with E-state index in [1.807, 2.05) is 38.1 Å². The lowest BCUT2D eigenvalue weighted by atomic mass is 9.89. The summed E-state index contributed by atoms with van der Waals surface area (Å²) in [4.78, 5) is 33.0. The molecule has 0 bridgehead atoms. The van der Waals surface area contributed by atoms with Gasteiger partial charge in [0.15, 0.2) is 5.82 Å². The molecule has 4 N–H and O–H groups in total. The number of para-hydroxylation sites is 1. The van der Waals surface area contributed by atoms with Crippen molar-refractivity contribution in [1.82, 2.24) is 20.6 Å². The number of aromatic nitrogens is 2. The van der Waals surface area contributed by atoms with Gasteiger partial charge >= 0.3 is 0 Å². The number of hydrogen-bond donors (Lipinski definition) is 4. The van der Waals surface area contributed by atoms with Crippen LogP contribution in [0.15, 0.2) is 48.7 Å². The van der Waals surface area contributed by atoms with Crippen LogP contribution in [-0.4, -0.2) is 28.8 Å². The van der Waals surface area contributed by atoms with Crippen LogP contribution in [0.3, 0.4) is 0 Å². The molecule has 0 aliphatic carbocycles. The van der Waals surface area contributed by atoms with E-state index in [1.165, 1.54) is 6.20 Å². The highest BCUT2D eigenvalue weighted by Crippen LogP contribution is 2.32. The smallest absolute Gasteiger partial charge is 0.253 e. The maximum atomic E-state index is 12.2. The molecule has 0 saturated heterocycles. The molecule has 0 saturated carbocycles. The Balaban J connectivity index is 1.61. The summed E-state index contributed by atoms with van der Waals surface area (Å²) in [6.07, 6.45) is 2.66. The molecular weight excluding hydrogens is 440 g/mol. The van der Waals surface area contributed by atoms with Crippen LogP contribution < -0.4 is 21.3 Å². The molecule has 1 aliphatic rings. The highest BCUT2D eigenvalue weighted by Gasteiger charge is 2.29. The van der Waals surface area contributed by atoms with Crippen molar-refractivity contribution in [2.75, 3.05) is 17.7 Å². The first kappa shape index (κ1) is 22.5. The van der Waals surface area contributed by atoms with Gasteiger partial charge in [-0.25, -0.2) is 4.98 Å². The van der Waals surface area contributed by atoms with Crippen LogP contribution in [0.25, 0.3) is 0 Å². The van der Waals surface area contributed by atoms with Crippen molar-refractivity contribution in [3.8, 4) is 0 Å². The fourth-order valence-electron chi connectivity index (χ4n) is 3.88. The molecule has 3 aromatic rings. The highest BCUT2D eigenvalue weighted by atomic mass is 35.5. The third-order valence-corrected chi connectivity index (χ3v) is 5.79. The van der Waals surface area contributed by atoms with E-state index < -0.39 is 5.54 Å². The molecule has 9 heteroatoms. The Bertz CT molecular complexity index is 1230. The number of amides is 2. The summed E-state index contributed by atoms with van der Waals surface area (Å²) in [5.74, 6) is 0.531. The van der Waals surface area contributed by atoms with Gasteiger partial charge in [-0.05, 0) is 55.7 Å². The average molecular weight is 465 g/mol. The Kier molecular flexibility index (Phi) is 6.20. The predicted octanol–water partition coefficient (Wildman–Crippen LogP) is 4.27. The van der Waals surface area contributed by atoms with E-state index in [-0.39, 0.29) is 11.8 Å². The lowest BCUT2D eigenvalue weighted by Crippen LogP contribution is -2.39. The molecule has 0 radical (unpaired) electrons.